The van der Waals surface area contributed by atoms with Gasteiger partial charge in [-0.1, -0.05) is 12.1 Å². The summed E-state index contributed by atoms with van der Waals surface area (Å²) in [4.78, 5) is 39.0. The summed E-state index contributed by atoms with van der Waals surface area (Å²) in [5.74, 6) is 0.561. The molecule has 1 aliphatic rings. The van der Waals surface area contributed by atoms with Gasteiger partial charge in [-0.05, 0) is 24.1 Å². The molecule has 1 amide bonds. The number of methoxy groups -OCH3 is 1. The fourth-order valence-corrected chi connectivity index (χ4v) is 3.14. The lowest BCUT2D eigenvalue weighted by molar-refractivity contribution is -0.144. The maximum absolute atomic E-state index is 12.5. The van der Waals surface area contributed by atoms with Crippen molar-refractivity contribution in [2.75, 3.05) is 39.9 Å². The van der Waals surface area contributed by atoms with Gasteiger partial charge in [0.1, 0.15) is 18.1 Å². The molecule has 1 aliphatic heterocycles. The summed E-state index contributed by atoms with van der Waals surface area (Å²) in [6, 6.07) is 7.53. The van der Waals surface area contributed by atoms with Gasteiger partial charge in [0, 0.05) is 39.9 Å². The molecule has 1 heterocycles. The van der Waals surface area contributed by atoms with E-state index in [0.29, 0.717) is 39.0 Å². The first-order valence-electron chi connectivity index (χ1n) is 9.16. The average molecular weight is 376 g/mol. The topological polar surface area (TPSA) is 76.2 Å². The second-order valence-corrected chi connectivity index (χ2v) is 6.78. The van der Waals surface area contributed by atoms with Crippen LogP contribution < -0.4 is 4.74 Å². The highest BCUT2D eigenvalue weighted by atomic mass is 16.5. The minimum atomic E-state index is -0.360. The summed E-state index contributed by atoms with van der Waals surface area (Å²) in [5, 5.41) is 0. The van der Waals surface area contributed by atoms with Crippen LogP contribution in [0.3, 0.4) is 0 Å². The first-order valence-corrected chi connectivity index (χ1v) is 9.16. The van der Waals surface area contributed by atoms with Crippen LogP contribution in [0.2, 0.25) is 0 Å². The molecule has 0 N–H and O–H groups in total. The lowest BCUT2D eigenvalue weighted by Gasteiger charge is -2.40. The molecule has 7 heteroatoms. The Morgan fingerprint density at radius 1 is 1.11 bits per heavy atom. The third kappa shape index (κ3) is 6.67. The molecular formula is C20H28N2O5. The molecular weight excluding hydrogens is 348 g/mol. The average Bonchev–Trinajstić information content (AvgIpc) is 2.65. The van der Waals surface area contributed by atoms with E-state index < -0.39 is 0 Å². The molecule has 1 saturated heterocycles. The standard InChI is InChI=1S/C20H28N2O5/c1-15(23)21-10-11-22(18(12-21)14-27-16(2)24)13-19(25)7-4-17-5-8-20(26-3)9-6-17/h5-6,8-9,18H,4,7,10-14H2,1-3H3. The van der Waals surface area contributed by atoms with Crippen molar-refractivity contribution in [3.05, 3.63) is 29.8 Å². The summed E-state index contributed by atoms with van der Waals surface area (Å²) in [7, 11) is 1.62. The number of amides is 1. The molecule has 0 aromatic heterocycles. The van der Waals surface area contributed by atoms with Gasteiger partial charge in [-0.3, -0.25) is 19.3 Å². The van der Waals surface area contributed by atoms with Gasteiger partial charge in [-0.2, -0.15) is 0 Å². The van der Waals surface area contributed by atoms with Crippen LogP contribution in [0.5, 0.6) is 5.75 Å². The van der Waals surface area contributed by atoms with Gasteiger partial charge in [0.2, 0.25) is 5.91 Å². The van der Waals surface area contributed by atoms with E-state index in [1.807, 2.05) is 29.2 Å². The number of aryl methyl sites for hydroxylation is 1. The van der Waals surface area contributed by atoms with Crippen molar-refractivity contribution in [3.63, 3.8) is 0 Å². The molecule has 0 saturated carbocycles. The zero-order valence-corrected chi connectivity index (χ0v) is 16.3. The van der Waals surface area contributed by atoms with E-state index in [-0.39, 0.29) is 30.3 Å². The maximum atomic E-state index is 12.5. The SMILES string of the molecule is COc1ccc(CCC(=O)CN2CCN(C(C)=O)CC2COC(C)=O)cc1. The number of hydrogen-bond donors (Lipinski definition) is 0. The number of benzene rings is 1. The first kappa shape index (κ1) is 20.9. The third-order valence-corrected chi connectivity index (χ3v) is 4.76. The van der Waals surface area contributed by atoms with Gasteiger partial charge in [-0.25, -0.2) is 0 Å². The largest absolute Gasteiger partial charge is 0.497 e. The molecule has 1 aromatic rings. The van der Waals surface area contributed by atoms with Crippen LogP contribution in [-0.2, 0) is 25.5 Å². The molecule has 27 heavy (non-hydrogen) atoms. The summed E-state index contributed by atoms with van der Waals surface area (Å²) in [6.45, 7) is 5.01. The van der Waals surface area contributed by atoms with E-state index in [4.69, 9.17) is 9.47 Å². The normalized spacial score (nSPS) is 17.4. The quantitative estimate of drug-likeness (QED) is 0.637. The molecule has 7 nitrogen and oxygen atoms in total. The van der Waals surface area contributed by atoms with Crippen LogP contribution in [-0.4, -0.2) is 73.4 Å². The van der Waals surface area contributed by atoms with Gasteiger partial charge >= 0.3 is 5.97 Å². The van der Waals surface area contributed by atoms with Crippen LogP contribution in [0.1, 0.15) is 25.8 Å². The predicted octanol–water partition coefficient (Wildman–Crippen LogP) is 1.29. The van der Waals surface area contributed by atoms with E-state index in [1.165, 1.54) is 13.8 Å². The molecule has 0 aliphatic carbocycles. The van der Waals surface area contributed by atoms with E-state index in [9.17, 15) is 14.4 Å². The van der Waals surface area contributed by atoms with E-state index in [0.717, 1.165) is 11.3 Å². The zero-order valence-electron chi connectivity index (χ0n) is 16.3. The van der Waals surface area contributed by atoms with E-state index >= 15 is 0 Å². The Morgan fingerprint density at radius 2 is 1.81 bits per heavy atom. The molecule has 1 atom stereocenters. The summed E-state index contributed by atoms with van der Waals surface area (Å²) in [5.41, 5.74) is 1.09. The van der Waals surface area contributed by atoms with Gasteiger partial charge in [0.25, 0.3) is 0 Å². The molecule has 0 spiro atoms. The van der Waals surface area contributed by atoms with Gasteiger partial charge in [0.05, 0.1) is 19.7 Å². The predicted molar refractivity (Wildman–Crippen MR) is 101 cm³/mol. The molecule has 1 aromatic carbocycles. The third-order valence-electron chi connectivity index (χ3n) is 4.76. The second kappa shape index (κ2) is 10.1. The van der Waals surface area contributed by atoms with Crippen molar-refractivity contribution >= 4 is 17.7 Å². The molecule has 1 unspecified atom stereocenters. The molecule has 0 bridgehead atoms. The molecule has 148 valence electrons. The Morgan fingerprint density at radius 3 is 2.41 bits per heavy atom. The highest BCUT2D eigenvalue weighted by Gasteiger charge is 2.30. The van der Waals surface area contributed by atoms with E-state index in [2.05, 4.69) is 0 Å². The second-order valence-electron chi connectivity index (χ2n) is 6.78. The number of nitrogens with zero attached hydrogens (tertiary/aromatic N) is 2. The molecule has 2 rings (SSSR count). The Hall–Kier alpha value is -2.41. The Bertz CT molecular complexity index is 659. The summed E-state index contributed by atoms with van der Waals surface area (Å²) >= 11 is 0. The fourth-order valence-electron chi connectivity index (χ4n) is 3.14. The number of carbonyl (C=O) groups is 3. The Kier molecular flexibility index (Phi) is 7.79. The van der Waals surface area contributed by atoms with Crippen LogP contribution in [0, 0.1) is 0 Å². The minimum absolute atomic E-state index is 0.00620. The van der Waals surface area contributed by atoms with Crippen LogP contribution >= 0.6 is 0 Å². The number of rotatable bonds is 8. The van der Waals surface area contributed by atoms with Crippen molar-refractivity contribution in [1.82, 2.24) is 9.80 Å². The summed E-state index contributed by atoms with van der Waals surface area (Å²) < 4.78 is 10.3. The van der Waals surface area contributed by atoms with Crippen molar-refractivity contribution < 1.29 is 23.9 Å². The highest BCUT2D eigenvalue weighted by Crippen LogP contribution is 2.14. The highest BCUT2D eigenvalue weighted by molar-refractivity contribution is 5.81. The van der Waals surface area contributed by atoms with Crippen molar-refractivity contribution in [2.24, 2.45) is 0 Å². The number of carbonyl (C=O) groups excluding carboxylic acids is 3. The first-order chi connectivity index (χ1) is 12.9. The number of esters is 1. The minimum Gasteiger partial charge on any atom is -0.497 e. The number of ether oxygens (including phenoxy) is 2. The van der Waals surface area contributed by atoms with Crippen molar-refractivity contribution in [2.45, 2.75) is 32.7 Å². The molecule has 1 fully saturated rings. The Balaban J connectivity index is 1.88. The number of hydrogen-bond acceptors (Lipinski definition) is 6. The van der Waals surface area contributed by atoms with Gasteiger partial charge in [0.15, 0.2) is 0 Å². The smallest absolute Gasteiger partial charge is 0.302 e. The maximum Gasteiger partial charge on any atom is 0.302 e. The molecule has 0 radical (unpaired) electrons. The Labute approximate surface area is 160 Å². The monoisotopic (exact) mass is 376 g/mol. The van der Waals surface area contributed by atoms with Crippen LogP contribution in [0.15, 0.2) is 24.3 Å². The van der Waals surface area contributed by atoms with Crippen LogP contribution in [0.4, 0.5) is 0 Å². The van der Waals surface area contributed by atoms with Gasteiger partial charge < -0.3 is 14.4 Å². The van der Waals surface area contributed by atoms with Crippen LogP contribution in [0.25, 0.3) is 0 Å². The number of piperazine rings is 1. The fraction of sp³-hybridized carbons (Fsp3) is 0.550. The lowest BCUT2D eigenvalue weighted by Crippen LogP contribution is -2.57. The lowest BCUT2D eigenvalue weighted by atomic mass is 10.1. The van der Waals surface area contributed by atoms with E-state index in [1.54, 1.807) is 12.0 Å². The number of Topliss-reactive ketones (excluding diaryl/α,β-unsaturated/α-hetero) is 1. The number of ketones is 1. The summed E-state index contributed by atoms with van der Waals surface area (Å²) in [6.07, 6.45) is 1.12. The van der Waals surface area contributed by atoms with Crippen molar-refractivity contribution in [3.8, 4) is 5.75 Å². The zero-order chi connectivity index (χ0) is 19.8. The van der Waals surface area contributed by atoms with Gasteiger partial charge in [-0.15, -0.1) is 0 Å². The van der Waals surface area contributed by atoms with Crippen molar-refractivity contribution in [1.29, 1.82) is 0 Å².